The van der Waals surface area contributed by atoms with Crippen LogP contribution in [0.5, 0.6) is 11.5 Å². The summed E-state index contributed by atoms with van der Waals surface area (Å²) in [7, 11) is 1.51. The molecular weight excluding hydrogens is 344 g/mol. The molecule has 0 amide bonds. The van der Waals surface area contributed by atoms with Crippen LogP contribution in [-0.4, -0.2) is 35.5 Å². The van der Waals surface area contributed by atoms with Gasteiger partial charge in [0.1, 0.15) is 6.10 Å². The van der Waals surface area contributed by atoms with Crippen LogP contribution in [0, 0.1) is 23.7 Å². The first-order chi connectivity index (χ1) is 12.9. The van der Waals surface area contributed by atoms with E-state index < -0.39 is 12.2 Å². The van der Waals surface area contributed by atoms with Crippen molar-refractivity contribution >= 4 is 5.97 Å². The largest absolute Gasteiger partial charge is 0.504 e. The van der Waals surface area contributed by atoms with Crippen molar-refractivity contribution < 1.29 is 24.5 Å². The summed E-state index contributed by atoms with van der Waals surface area (Å²) < 4.78 is 10.8. The molecule has 2 rings (SSSR count). The van der Waals surface area contributed by atoms with Gasteiger partial charge in [0.15, 0.2) is 11.5 Å². The molecule has 0 aliphatic heterocycles. The van der Waals surface area contributed by atoms with E-state index in [1.165, 1.54) is 14.0 Å². The van der Waals surface area contributed by atoms with Gasteiger partial charge in [0.2, 0.25) is 0 Å². The molecule has 1 aliphatic rings. The lowest BCUT2D eigenvalue weighted by atomic mass is 9.85. The molecule has 0 aromatic heterocycles. The zero-order valence-corrected chi connectivity index (χ0v) is 16.4. The van der Waals surface area contributed by atoms with Gasteiger partial charge in [0.05, 0.1) is 13.2 Å². The van der Waals surface area contributed by atoms with E-state index in [9.17, 15) is 15.0 Å². The van der Waals surface area contributed by atoms with Gasteiger partial charge in [0, 0.05) is 31.6 Å². The topological polar surface area (TPSA) is 76.0 Å². The summed E-state index contributed by atoms with van der Waals surface area (Å²) in [6.45, 7) is 3.50. The van der Waals surface area contributed by atoms with E-state index in [-0.39, 0.29) is 17.6 Å². The minimum absolute atomic E-state index is 0.0408. The van der Waals surface area contributed by atoms with Gasteiger partial charge in [-0.15, -0.1) is 5.92 Å². The molecule has 1 aromatic carbocycles. The molecule has 1 aromatic rings. The molecule has 0 fully saturated rings. The third-order valence-electron chi connectivity index (χ3n) is 5.10. The minimum Gasteiger partial charge on any atom is -0.504 e. The van der Waals surface area contributed by atoms with E-state index in [2.05, 4.69) is 18.8 Å². The van der Waals surface area contributed by atoms with E-state index in [0.717, 1.165) is 18.4 Å². The Bertz CT molecular complexity index is 688. The number of hydrogen-bond donors (Lipinski definition) is 2. The van der Waals surface area contributed by atoms with Crippen LogP contribution < -0.4 is 4.74 Å². The molecule has 4 atom stereocenters. The van der Waals surface area contributed by atoms with E-state index in [0.29, 0.717) is 37.4 Å². The lowest BCUT2D eigenvalue weighted by Crippen LogP contribution is -2.32. The predicted octanol–water partition coefficient (Wildman–Crippen LogP) is 3.46. The second-order valence-corrected chi connectivity index (χ2v) is 7.22. The van der Waals surface area contributed by atoms with E-state index in [1.807, 2.05) is 6.07 Å². The summed E-state index contributed by atoms with van der Waals surface area (Å²) in [4.78, 5) is 11.6. The highest BCUT2D eigenvalue weighted by atomic mass is 16.5. The molecule has 0 saturated carbocycles. The molecular formula is C22H30O5. The molecule has 0 radical (unpaired) electrons. The number of benzene rings is 1. The molecule has 0 spiro atoms. The van der Waals surface area contributed by atoms with Crippen molar-refractivity contribution in [3.8, 4) is 23.3 Å². The number of aliphatic hydroxyl groups excluding tert-OH is 1. The fourth-order valence-corrected chi connectivity index (χ4v) is 3.53. The average molecular weight is 374 g/mol. The van der Waals surface area contributed by atoms with Crippen molar-refractivity contribution in [2.45, 2.75) is 64.6 Å². The van der Waals surface area contributed by atoms with Gasteiger partial charge in [-0.05, 0) is 43.4 Å². The number of carbonyl (C=O) groups is 1. The number of ether oxygens (including phenoxy) is 2. The number of aliphatic hydroxyl groups is 1. The van der Waals surface area contributed by atoms with Gasteiger partial charge < -0.3 is 19.7 Å². The zero-order valence-electron chi connectivity index (χ0n) is 16.4. The Morgan fingerprint density at radius 2 is 2.11 bits per heavy atom. The fourth-order valence-electron chi connectivity index (χ4n) is 3.53. The molecule has 0 saturated heterocycles. The van der Waals surface area contributed by atoms with Crippen LogP contribution in [0.3, 0.4) is 0 Å². The van der Waals surface area contributed by atoms with Gasteiger partial charge in [0.25, 0.3) is 0 Å². The second kappa shape index (κ2) is 10.2. The highest BCUT2D eigenvalue weighted by Gasteiger charge is 2.28. The van der Waals surface area contributed by atoms with Crippen molar-refractivity contribution in [3.05, 3.63) is 23.8 Å². The van der Waals surface area contributed by atoms with E-state index in [4.69, 9.17) is 9.47 Å². The summed E-state index contributed by atoms with van der Waals surface area (Å²) >= 11 is 0. The number of carbonyl (C=O) groups excluding carboxylic acids is 1. The first-order valence-corrected chi connectivity index (χ1v) is 9.62. The first-order valence-electron chi connectivity index (χ1n) is 9.62. The summed E-state index contributed by atoms with van der Waals surface area (Å²) in [6, 6.07) is 5.22. The van der Waals surface area contributed by atoms with Crippen molar-refractivity contribution in [2.75, 3.05) is 7.11 Å². The first kappa shape index (κ1) is 21.1. The number of phenols is 1. The van der Waals surface area contributed by atoms with Gasteiger partial charge in [-0.25, -0.2) is 0 Å². The maximum Gasteiger partial charge on any atom is 0.302 e. The molecule has 2 N–H and O–H groups in total. The molecule has 0 unspecified atom stereocenters. The molecule has 0 heterocycles. The van der Waals surface area contributed by atoms with E-state index in [1.54, 1.807) is 12.1 Å². The third-order valence-corrected chi connectivity index (χ3v) is 5.10. The zero-order chi connectivity index (χ0) is 19.8. The highest BCUT2D eigenvalue weighted by molar-refractivity contribution is 5.66. The lowest BCUT2D eigenvalue weighted by Gasteiger charge is -2.28. The van der Waals surface area contributed by atoms with Gasteiger partial charge in [-0.3, -0.25) is 4.79 Å². The van der Waals surface area contributed by atoms with Crippen LogP contribution in [0.2, 0.25) is 0 Å². The SMILES string of the molecule is CC[C@H]1C#CC[C@@H](Cc2ccc(O)c(OC)c2)[C@@H](OC(C)=O)C[C@@H](O)CC1. The summed E-state index contributed by atoms with van der Waals surface area (Å²) in [5.41, 5.74) is 0.965. The van der Waals surface area contributed by atoms with Crippen LogP contribution in [0.1, 0.15) is 51.5 Å². The van der Waals surface area contributed by atoms with E-state index >= 15 is 0 Å². The monoisotopic (exact) mass is 374 g/mol. The maximum absolute atomic E-state index is 11.6. The van der Waals surface area contributed by atoms with Gasteiger partial charge in [-0.1, -0.05) is 18.9 Å². The van der Waals surface area contributed by atoms with Gasteiger partial charge >= 0.3 is 5.97 Å². The molecule has 0 bridgehead atoms. The lowest BCUT2D eigenvalue weighted by molar-refractivity contribution is -0.150. The summed E-state index contributed by atoms with van der Waals surface area (Å²) in [6.07, 6.45) is 3.19. The van der Waals surface area contributed by atoms with Crippen molar-refractivity contribution in [1.82, 2.24) is 0 Å². The molecule has 5 nitrogen and oxygen atoms in total. The number of esters is 1. The smallest absolute Gasteiger partial charge is 0.302 e. The second-order valence-electron chi connectivity index (χ2n) is 7.22. The van der Waals surface area contributed by atoms with Crippen molar-refractivity contribution in [2.24, 2.45) is 11.8 Å². The van der Waals surface area contributed by atoms with Crippen LogP contribution in [0.15, 0.2) is 18.2 Å². The van der Waals surface area contributed by atoms with Crippen molar-refractivity contribution in [3.63, 3.8) is 0 Å². The molecule has 1 aliphatic carbocycles. The Labute approximate surface area is 161 Å². The quantitative estimate of drug-likeness (QED) is 0.610. The minimum atomic E-state index is -0.514. The highest BCUT2D eigenvalue weighted by Crippen LogP contribution is 2.30. The standard InChI is InChI=1S/C22H30O5/c1-4-16-6-5-7-18(12-17-9-11-20(25)22(13-17)26-3)21(27-15(2)23)14-19(24)10-8-16/h9,11,13,16,18-19,21,24-25H,4,7-8,10,12,14H2,1-3H3/t16-,18-,19-,21-/m0/s1. The predicted molar refractivity (Wildman–Crippen MR) is 103 cm³/mol. The van der Waals surface area contributed by atoms with Crippen molar-refractivity contribution in [1.29, 1.82) is 0 Å². The molecule has 27 heavy (non-hydrogen) atoms. The average Bonchev–Trinajstić information content (AvgIpc) is 2.63. The molecule has 5 heteroatoms. The number of methoxy groups -OCH3 is 1. The Morgan fingerprint density at radius 1 is 1.33 bits per heavy atom. The van der Waals surface area contributed by atoms with Crippen LogP contribution in [0.4, 0.5) is 0 Å². The number of hydrogen-bond acceptors (Lipinski definition) is 5. The summed E-state index contributed by atoms with van der Waals surface area (Å²) in [5, 5.41) is 20.2. The number of rotatable bonds is 5. The summed E-state index contributed by atoms with van der Waals surface area (Å²) in [5.74, 6) is 6.99. The van der Waals surface area contributed by atoms with Crippen LogP contribution in [0.25, 0.3) is 0 Å². The number of phenolic OH excluding ortho intramolecular Hbond substituents is 1. The maximum atomic E-state index is 11.6. The van der Waals surface area contributed by atoms with Gasteiger partial charge in [-0.2, -0.15) is 0 Å². The van der Waals surface area contributed by atoms with Crippen LogP contribution >= 0.6 is 0 Å². The van der Waals surface area contributed by atoms with Crippen LogP contribution in [-0.2, 0) is 16.0 Å². The Hall–Kier alpha value is -2.19. The Balaban J connectivity index is 2.28. The Morgan fingerprint density at radius 3 is 2.78 bits per heavy atom. The number of aromatic hydroxyl groups is 1. The Kier molecular flexibility index (Phi) is 7.99. The molecule has 148 valence electrons. The normalized spacial score (nSPS) is 25.8. The fraction of sp³-hybridized carbons (Fsp3) is 0.591. The third kappa shape index (κ3) is 6.48.